The van der Waals surface area contributed by atoms with Crippen LogP contribution in [0.1, 0.15) is 69.6 Å². The summed E-state index contributed by atoms with van der Waals surface area (Å²) < 4.78 is 0. The molecule has 148 valence electrons. The number of benzene rings is 2. The molecule has 0 unspecified atom stereocenters. The van der Waals surface area contributed by atoms with Crippen molar-refractivity contribution in [3.8, 4) is 0 Å². The number of hydrogen-bond acceptors (Lipinski definition) is 1. The van der Waals surface area contributed by atoms with Gasteiger partial charge in [0.2, 0.25) is 0 Å². The zero-order valence-electron chi connectivity index (χ0n) is 17.8. The molecule has 2 aromatic carbocycles. The van der Waals surface area contributed by atoms with Gasteiger partial charge >= 0.3 is 0 Å². The van der Waals surface area contributed by atoms with Crippen molar-refractivity contribution in [2.24, 2.45) is 11.3 Å². The lowest BCUT2D eigenvalue weighted by atomic mass is 9.77. The van der Waals surface area contributed by atoms with Gasteiger partial charge in [-0.15, -0.1) is 0 Å². The molecule has 0 radical (unpaired) electrons. The molecule has 1 atom stereocenters. The van der Waals surface area contributed by atoms with Crippen LogP contribution in [0.4, 0.5) is 0 Å². The number of rotatable bonds is 8. The van der Waals surface area contributed by atoms with Gasteiger partial charge in [-0.25, -0.2) is 0 Å². The van der Waals surface area contributed by atoms with Crippen molar-refractivity contribution >= 4 is 11.3 Å². The highest BCUT2D eigenvalue weighted by Crippen LogP contribution is 2.37. The number of allylic oxidation sites excluding steroid dienone is 2. The maximum Gasteiger partial charge on any atom is 0.0121 e. The summed E-state index contributed by atoms with van der Waals surface area (Å²) in [6.07, 6.45) is 10.1. The molecule has 3 rings (SSSR count). The van der Waals surface area contributed by atoms with Crippen molar-refractivity contribution in [1.29, 1.82) is 5.41 Å². The van der Waals surface area contributed by atoms with E-state index in [9.17, 15) is 0 Å². The van der Waals surface area contributed by atoms with Crippen LogP contribution < -0.4 is 0 Å². The molecule has 1 aliphatic carbocycles. The molecule has 0 heterocycles. The van der Waals surface area contributed by atoms with E-state index in [2.05, 4.69) is 81.4 Å². The van der Waals surface area contributed by atoms with Crippen LogP contribution in [-0.2, 0) is 12.8 Å². The summed E-state index contributed by atoms with van der Waals surface area (Å²) in [4.78, 5) is 0. The maximum absolute atomic E-state index is 8.44. The Morgan fingerprint density at radius 1 is 1.00 bits per heavy atom. The molecule has 2 aromatic rings. The molecule has 0 saturated carbocycles. The first-order chi connectivity index (χ1) is 13.4. The molecule has 1 heteroatoms. The summed E-state index contributed by atoms with van der Waals surface area (Å²) in [5.41, 5.74) is 6.95. The molecule has 0 saturated heterocycles. The van der Waals surface area contributed by atoms with E-state index in [0.717, 1.165) is 31.4 Å². The Morgan fingerprint density at radius 2 is 1.71 bits per heavy atom. The highest BCUT2D eigenvalue weighted by atomic mass is 14.4. The van der Waals surface area contributed by atoms with Crippen molar-refractivity contribution in [2.45, 2.75) is 65.7 Å². The first-order valence-electron chi connectivity index (χ1n) is 10.8. The minimum absolute atomic E-state index is 0.316. The summed E-state index contributed by atoms with van der Waals surface area (Å²) in [6.45, 7) is 6.92. The van der Waals surface area contributed by atoms with Crippen LogP contribution >= 0.6 is 0 Å². The third-order valence-electron chi connectivity index (χ3n) is 6.19. The minimum atomic E-state index is 0.316. The molecule has 0 bridgehead atoms. The molecule has 1 aliphatic rings. The predicted octanol–water partition coefficient (Wildman–Crippen LogP) is 7.50. The van der Waals surface area contributed by atoms with Crippen LogP contribution in [0.5, 0.6) is 0 Å². The van der Waals surface area contributed by atoms with Crippen LogP contribution in [0.3, 0.4) is 0 Å². The third kappa shape index (κ3) is 5.92. The molecule has 1 N–H and O–H groups in total. The second kappa shape index (κ2) is 9.37. The van der Waals surface area contributed by atoms with Gasteiger partial charge in [-0.2, -0.15) is 0 Å². The van der Waals surface area contributed by atoms with Crippen LogP contribution in [-0.4, -0.2) is 5.71 Å². The number of hydrogen-bond donors (Lipinski definition) is 1. The summed E-state index contributed by atoms with van der Waals surface area (Å²) in [5.74, 6) is 0.316. The van der Waals surface area contributed by atoms with Gasteiger partial charge in [0.1, 0.15) is 0 Å². The van der Waals surface area contributed by atoms with Gasteiger partial charge in [0, 0.05) is 5.71 Å². The van der Waals surface area contributed by atoms with E-state index in [1.54, 1.807) is 0 Å². The van der Waals surface area contributed by atoms with E-state index < -0.39 is 0 Å². The number of aryl methyl sites for hydroxylation is 1. The topological polar surface area (TPSA) is 23.9 Å². The lowest BCUT2D eigenvalue weighted by molar-refractivity contribution is 0.335. The fourth-order valence-electron chi connectivity index (χ4n) is 4.04. The molecule has 0 amide bonds. The fraction of sp³-hybridized carbons (Fsp3) is 0.444. The van der Waals surface area contributed by atoms with Gasteiger partial charge in [0.25, 0.3) is 0 Å². The van der Waals surface area contributed by atoms with E-state index in [1.165, 1.54) is 41.5 Å². The Hall–Kier alpha value is -2.15. The van der Waals surface area contributed by atoms with Gasteiger partial charge in [-0.1, -0.05) is 81.4 Å². The van der Waals surface area contributed by atoms with E-state index in [0.29, 0.717) is 11.3 Å². The Kier molecular flexibility index (Phi) is 6.88. The lowest BCUT2D eigenvalue weighted by Crippen LogP contribution is -2.14. The highest BCUT2D eigenvalue weighted by molar-refractivity contribution is 5.83. The number of nitrogens with one attached hydrogen (secondary N) is 1. The first-order valence-corrected chi connectivity index (χ1v) is 10.8. The third-order valence-corrected chi connectivity index (χ3v) is 6.19. The summed E-state index contributed by atoms with van der Waals surface area (Å²) >= 11 is 0. The quantitative estimate of drug-likeness (QED) is 0.463. The molecule has 0 aliphatic heterocycles. The molecular formula is C27H35N. The van der Waals surface area contributed by atoms with Crippen LogP contribution in [0, 0.1) is 16.7 Å². The fourth-order valence-corrected chi connectivity index (χ4v) is 4.04. The normalized spacial score (nSPS) is 17.0. The lowest BCUT2D eigenvalue weighted by Gasteiger charge is -2.28. The Morgan fingerprint density at radius 3 is 2.36 bits per heavy atom. The van der Waals surface area contributed by atoms with E-state index in [1.807, 2.05) is 0 Å². The average molecular weight is 374 g/mol. The van der Waals surface area contributed by atoms with Gasteiger partial charge < -0.3 is 5.41 Å². The largest absolute Gasteiger partial charge is 0.309 e. The van der Waals surface area contributed by atoms with Crippen molar-refractivity contribution in [1.82, 2.24) is 0 Å². The standard InChI is InChI=1S/C27H35N/c1-21(26(28)11-7-10-22-8-5-4-6-9-22)20-23-12-14-24(15-13-23)25-16-18-27(2,3)19-17-25/h4-6,8-9,12-16,21,28H,7,10-11,17-20H2,1-3H3/t21-/m1/s1. The summed E-state index contributed by atoms with van der Waals surface area (Å²) in [5, 5.41) is 8.44. The maximum atomic E-state index is 8.44. The molecular weight excluding hydrogens is 338 g/mol. The monoisotopic (exact) mass is 373 g/mol. The zero-order valence-corrected chi connectivity index (χ0v) is 17.8. The van der Waals surface area contributed by atoms with Gasteiger partial charge in [-0.05, 0) is 78.5 Å². The average Bonchev–Trinajstić information content (AvgIpc) is 2.69. The molecule has 0 aromatic heterocycles. The van der Waals surface area contributed by atoms with Crippen LogP contribution in [0.2, 0.25) is 0 Å². The van der Waals surface area contributed by atoms with Crippen molar-refractivity contribution in [3.05, 3.63) is 77.4 Å². The van der Waals surface area contributed by atoms with Gasteiger partial charge in [0.15, 0.2) is 0 Å². The molecule has 0 fully saturated rings. The SMILES string of the molecule is C[C@H](Cc1ccc(C2=CCC(C)(C)CC2)cc1)C(=N)CCCc1ccccc1. The van der Waals surface area contributed by atoms with Crippen LogP contribution in [0.25, 0.3) is 5.57 Å². The Labute approximate surface area is 171 Å². The Balaban J connectivity index is 1.48. The van der Waals surface area contributed by atoms with Gasteiger partial charge in [0.05, 0.1) is 0 Å². The van der Waals surface area contributed by atoms with E-state index in [-0.39, 0.29) is 0 Å². The summed E-state index contributed by atoms with van der Waals surface area (Å²) in [6, 6.07) is 19.7. The van der Waals surface area contributed by atoms with Crippen LogP contribution in [0.15, 0.2) is 60.7 Å². The minimum Gasteiger partial charge on any atom is -0.309 e. The van der Waals surface area contributed by atoms with Crippen molar-refractivity contribution in [3.63, 3.8) is 0 Å². The summed E-state index contributed by atoms with van der Waals surface area (Å²) in [7, 11) is 0. The predicted molar refractivity (Wildman–Crippen MR) is 122 cm³/mol. The highest BCUT2D eigenvalue weighted by Gasteiger charge is 2.21. The van der Waals surface area contributed by atoms with E-state index >= 15 is 0 Å². The second-order valence-corrected chi connectivity index (χ2v) is 9.26. The second-order valence-electron chi connectivity index (χ2n) is 9.26. The zero-order chi connectivity index (χ0) is 20.0. The van der Waals surface area contributed by atoms with E-state index in [4.69, 9.17) is 5.41 Å². The molecule has 28 heavy (non-hydrogen) atoms. The molecule has 0 spiro atoms. The first kappa shape index (κ1) is 20.6. The smallest absolute Gasteiger partial charge is 0.0121 e. The molecule has 1 nitrogen and oxygen atoms in total. The Bertz CT molecular complexity index is 796. The van der Waals surface area contributed by atoms with Crippen molar-refractivity contribution < 1.29 is 0 Å². The van der Waals surface area contributed by atoms with Crippen molar-refractivity contribution in [2.75, 3.05) is 0 Å². The van der Waals surface area contributed by atoms with Gasteiger partial charge in [-0.3, -0.25) is 0 Å².